The first-order chi connectivity index (χ1) is 4.24. The van der Waals surface area contributed by atoms with Crippen molar-refractivity contribution in [2.45, 2.75) is 19.9 Å². The Morgan fingerprint density at radius 2 is 2.56 bits per heavy atom. The van der Waals surface area contributed by atoms with Gasteiger partial charge in [-0.25, -0.2) is 4.79 Å². The van der Waals surface area contributed by atoms with Crippen LogP contribution in [0.2, 0.25) is 0 Å². The molecule has 0 bridgehead atoms. The topological polar surface area (TPSA) is 32.3 Å². The zero-order chi connectivity index (χ0) is 6.85. The highest BCUT2D eigenvalue weighted by atomic mass is 16.2. The summed E-state index contributed by atoms with van der Waals surface area (Å²) < 4.78 is 0. The molecule has 1 rings (SSSR count). The van der Waals surface area contributed by atoms with Crippen LogP contribution < -0.4 is 5.32 Å². The van der Waals surface area contributed by atoms with Crippen LogP contribution in [-0.4, -0.2) is 30.1 Å². The van der Waals surface area contributed by atoms with Gasteiger partial charge in [-0.2, -0.15) is 0 Å². The van der Waals surface area contributed by atoms with E-state index < -0.39 is 0 Å². The van der Waals surface area contributed by atoms with Gasteiger partial charge in [-0.1, -0.05) is 0 Å². The van der Waals surface area contributed by atoms with E-state index in [0.717, 1.165) is 13.1 Å². The third-order valence-electron chi connectivity index (χ3n) is 1.53. The van der Waals surface area contributed by atoms with Gasteiger partial charge in [0.15, 0.2) is 0 Å². The summed E-state index contributed by atoms with van der Waals surface area (Å²) in [4.78, 5) is 12.6. The van der Waals surface area contributed by atoms with Gasteiger partial charge < -0.3 is 10.2 Å². The number of amides is 2. The van der Waals surface area contributed by atoms with Crippen molar-refractivity contribution in [1.29, 1.82) is 0 Å². The van der Waals surface area contributed by atoms with Gasteiger partial charge >= 0.3 is 6.03 Å². The number of nitrogens with zero attached hydrogens (tertiary/aromatic N) is 1. The molecule has 1 fully saturated rings. The molecular formula is C6H12N2O. The molecule has 0 spiro atoms. The highest BCUT2D eigenvalue weighted by Gasteiger charge is 2.22. The van der Waals surface area contributed by atoms with Crippen molar-refractivity contribution in [1.82, 2.24) is 10.2 Å². The molecule has 1 heterocycles. The molecule has 3 heteroatoms. The summed E-state index contributed by atoms with van der Waals surface area (Å²) in [5.41, 5.74) is 0. The van der Waals surface area contributed by atoms with Gasteiger partial charge in [0.2, 0.25) is 0 Å². The molecule has 0 saturated carbocycles. The van der Waals surface area contributed by atoms with Crippen LogP contribution in [0, 0.1) is 0 Å². The van der Waals surface area contributed by atoms with Gasteiger partial charge in [0, 0.05) is 19.1 Å². The molecule has 1 saturated heterocycles. The molecule has 1 aliphatic rings. The molecule has 9 heavy (non-hydrogen) atoms. The quantitative estimate of drug-likeness (QED) is 0.545. The number of likely N-dealkylation sites (N-methyl/N-ethyl adjacent to an activating group) is 1. The minimum absolute atomic E-state index is 0.0741. The Bertz CT molecular complexity index is 124. The van der Waals surface area contributed by atoms with Crippen LogP contribution in [-0.2, 0) is 0 Å². The van der Waals surface area contributed by atoms with Crippen molar-refractivity contribution >= 4 is 6.03 Å². The lowest BCUT2D eigenvalue weighted by atomic mass is 10.4. The van der Waals surface area contributed by atoms with E-state index in [2.05, 4.69) is 5.32 Å². The molecule has 2 amide bonds. The van der Waals surface area contributed by atoms with Gasteiger partial charge in [0.1, 0.15) is 0 Å². The van der Waals surface area contributed by atoms with Gasteiger partial charge in [-0.05, 0) is 13.8 Å². The minimum atomic E-state index is 0.0741. The fourth-order valence-electron chi connectivity index (χ4n) is 1.03. The van der Waals surface area contributed by atoms with E-state index in [1.807, 2.05) is 13.8 Å². The molecule has 0 aromatic rings. The second kappa shape index (κ2) is 2.25. The van der Waals surface area contributed by atoms with Crippen molar-refractivity contribution in [3.63, 3.8) is 0 Å². The van der Waals surface area contributed by atoms with Crippen molar-refractivity contribution in [2.24, 2.45) is 0 Å². The van der Waals surface area contributed by atoms with Crippen LogP contribution in [0.1, 0.15) is 13.8 Å². The van der Waals surface area contributed by atoms with Crippen molar-refractivity contribution in [3.8, 4) is 0 Å². The van der Waals surface area contributed by atoms with Gasteiger partial charge in [0.05, 0.1) is 0 Å². The summed E-state index contributed by atoms with van der Waals surface area (Å²) in [5, 5.41) is 2.80. The monoisotopic (exact) mass is 128 g/mol. The van der Waals surface area contributed by atoms with Crippen LogP contribution in [0.25, 0.3) is 0 Å². The van der Waals surface area contributed by atoms with E-state index >= 15 is 0 Å². The SMILES string of the molecule is CCN1C[C@H](C)NC1=O. The van der Waals surface area contributed by atoms with Crippen molar-refractivity contribution in [2.75, 3.05) is 13.1 Å². The lowest BCUT2D eigenvalue weighted by Gasteiger charge is -2.08. The largest absolute Gasteiger partial charge is 0.334 e. The first-order valence-electron chi connectivity index (χ1n) is 3.29. The molecule has 0 radical (unpaired) electrons. The highest BCUT2D eigenvalue weighted by molar-refractivity contribution is 5.76. The summed E-state index contributed by atoms with van der Waals surface area (Å²) >= 11 is 0. The van der Waals surface area contributed by atoms with Gasteiger partial charge in [-0.3, -0.25) is 0 Å². The molecular weight excluding hydrogens is 116 g/mol. The lowest BCUT2D eigenvalue weighted by molar-refractivity contribution is 0.219. The first-order valence-corrected chi connectivity index (χ1v) is 3.29. The van der Waals surface area contributed by atoms with Crippen LogP contribution in [0.4, 0.5) is 4.79 Å². The smallest absolute Gasteiger partial charge is 0.317 e. The highest BCUT2D eigenvalue weighted by Crippen LogP contribution is 2.00. The second-order valence-corrected chi connectivity index (χ2v) is 2.39. The van der Waals surface area contributed by atoms with Gasteiger partial charge in [0.25, 0.3) is 0 Å². The van der Waals surface area contributed by atoms with E-state index in [0.29, 0.717) is 6.04 Å². The Labute approximate surface area is 55.0 Å². The van der Waals surface area contributed by atoms with E-state index in [9.17, 15) is 4.79 Å². The molecule has 0 aliphatic carbocycles. The number of hydrogen-bond acceptors (Lipinski definition) is 1. The Kier molecular flexibility index (Phi) is 1.60. The average molecular weight is 128 g/mol. The van der Waals surface area contributed by atoms with Gasteiger partial charge in [-0.15, -0.1) is 0 Å². The number of hydrogen-bond donors (Lipinski definition) is 1. The molecule has 1 N–H and O–H groups in total. The van der Waals surface area contributed by atoms with Crippen LogP contribution in [0.3, 0.4) is 0 Å². The standard InChI is InChI=1S/C6H12N2O/c1-3-8-4-5(2)7-6(8)9/h5H,3-4H2,1-2H3,(H,7,9)/t5-/m0/s1. The predicted octanol–water partition coefficient (Wildman–Crippen LogP) is 0.420. The third-order valence-corrected chi connectivity index (χ3v) is 1.53. The number of urea groups is 1. The zero-order valence-corrected chi connectivity index (χ0v) is 5.85. The van der Waals surface area contributed by atoms with Crippen molar-refractivity contribution in [3.05, 3.63) is 0 Å². The maximum Gasteiger partial charge on any atom is 0.317 e. The zero-order valence-electron chi connectivity index (χ0n) is 5.85. The fraction of sp³-hybridized carbons (Fsp3) is 0.833. The molecule has 52 valence electrons. The number of carbonyl (C=O) groups is 1. The number of rotatable bonds is 1. The number of nitrogens with one attached hydrogen (secondary N) is 1. The normalized spacial score (nSPS) is 26.7. The van der Waals surface area contributed by atoms with Crippen LogP contribution >= 0.6 is 0 Å². The molecule has 0 unspecified atom stereocenters. The maximum atomic E-state index is 10.8. The molecule has 0 aromatic heterocycles. The lowest BCUT2D eigenvalue weighted by Crippen LogP contribution is -2.27. The van der Waals surface area contributed by atoms with Crippen LogP contribution in [0.15, 0.2) is 0 Å². The Balaban J connectivity index is 2.48. The summed E-state index contributed by atoms with van der Waals surface area (Å²) in [7, 11) is 0. The van der Waals surface area contributed by atoms with E-state index in [1.54, 1.807) is 4.90 Å². The average Bonchev–Trinajstić information content (AvgIpc) is 2.10. The van der Waals surface area contributed by atoms with Crippen molar-refractivity contribution < 1.29 is 4.79 Å². The Morgan fingerprint density at radius 1 is 1.89 bits per heavy atom. The fourth-order valence-corrected chi connectivity index (χ4v) is 1.03. The summed E-state index contributed by atoms with van der Waals surface area (Å²) in [6, 6.07) is 0.405. The minimum Gasteiger partial charge on any atom is -0.334 e. The Morgan fingerprint density at radius 3 is 2.78 bits per heavy atom. The van der Waals surface area contributed by atoms with E-state index in [-0.39, 0.29) is 6.03 Å². The summed E-state index contributed by atoms with van der Waals surface area (Å²) in [5.74, 6) is 0. The van der Waals surface area contributed by atoms with E-state index in [4.69, 9.17) is 0 Å². The van der Waals surface area contributed by atoms with Crippen LogP contribution in [0.5, 0.6) is 0 Å². The Hall–Kier alpha value is -0.730. The predicted molar refractivity (Wildman–Crippen MR) is 35.2 cm³/mol. The summed E-state index contributed by atoms with van der Waals surface area (Å²) in [6.07, 6.45) is 0. The third kappa shape index (κ3) is 1.15. The molecule has 3 nitrogen and oxygen atoms in total. The molecule has 1 atom stereocenters. The molecule has 0 aromatic carbocycles. The van der Waals surface area contributed by atoms with E-state index in [1.165, 1.54) is 0 Å². The summed E-state index contributed by atoms with van der Waals surface area (Å²) in [6.45, 7) is 5.66. The number of carbonyl (C=O) groups excluding carboxylic acids is 1. The first kappa shape index (κ1) is 6.39. The maximum absolute atomic E-state index is 10.8. The molecule has 1 aliphatic heterocycles. The second-order valence-electron chi connectivity index (χ2n) is 2.39.